The third-order valence-electron chi connectivity index (χ3n) is 2.05. The van der Waals surface area contributed by atoms with Crippen molar-refractivity contribution in [3.63, 3.8) is 0 Å². The molecule has 0 N–H and O–H groups in total. The molecule has 0 saturated heterocycles. The normalized spacial score (nSPS) is 11.7. The summed E-state index contributed by atoms with van der Waals surface area (Å²) in [6.45, 7) is 2.99. The van der Waals surface area contributed by atoms with Crippen molar-refractivity contribution in [2.45, 2.75) is 19.9 Å². The highest BCUT2D eigenvalue weighted by molar-refractivity contribution is 5.94. The predicted molar refractivity (Wildman–Crippen MR) is 57.6 cm³/mol. The van der Waals surface area contributed by atoms with E-state index in [2.05, 4.69) is 9.72 Å². The zero-order valence-electron chi connectivity index (χ0n) is 9.59. The van der Waals surface area contributed by atoms with Crippen molar-refractivity contribution in [2.24, 2.45) is 0 Å². The fourth-order valence-electron chi connectivity index (χ4n) is 1.13. The van der Waals surface area contributed by atoms with E-state index in [4.69, 9.17) is 0 Å². The number of carbonyl (C=O) groups excluding carboxylic acids is 2. The molecule has 1 amide bonds. The van der Waals surface area contributed by atoms with Gasteiger partial charge >= 0.3 is 11.9 Å². The molecule has 92 valence electrons. The van der Waals surface area contributed by atoms with Crippen molar-refractivity contribution in [1.82, 2.24) is 10.1 Å². The van der Waals surface area contributed by atoms with Crippen LogP contribution in [0.4, 0.5) is 4.48 Å². The van der Waals surface area contributed by atoms with Crippen LogP contribution in [-0.4, -0.2) is 34.6 Å². The molecule has 1 rings (SSSR count). The third kappa shape index (κ3) is 3.24. The van der Waals surface area contributed by atoms with Crippen molar-refractivity contribution in [1.29, 1.82) is 0 Å². The molecule has 0 aliphatic heterocycles. The summed E-state index contributed by atoms with van der Waals surface area (Å²) >= 11 is 0. The van der Waals surface area contributed by atoms with E-state index >= 15 is 0 Å². The molecule has 0 fully saturated rings. The molecule has 0 spiro atoms. The summed E-state index contributed by atoms with van der Waals surface area (Å²) in [6.07, 6.45) is 1.37. The molecule has 5 nitrogen and oxygen atoms in total. The van der Waals surface area contributed by atoms with Gasteiger partial charge in [0.2, 0.25) is 0 Å². The van der Waals surface area contributed by atoms with E-state index in [1.807, 2.05) is 0 Å². The minimum atomic E-state index is -1.29. The van der Waals surface area contributed by atoms with Crippen molar-refractivity contribution in [3.8, 4) is 0 Å². The molecule has 6 heteroatoms. The summed E-state index contributed by atoms with van der Waals surface area (Å²) in [5.74, 6) is -1.76. The first-order chi connectivity index (χ1) is 8.07. The van der Waals surface area contributed by atoms with Gasteiger partial charge < -0.3 is 4.74 Å². The number of hydrogen-bond donors (Lipinski definition) is 0. The molecule has 0 bridgehead atoms. The highest BCUT2D eigenvalue weighted by Gasteiger charge is 2.28. The Morgan fingerprint density at radius 3 is 2.76 bits per heavy atom. The van der Waals surface area contributed by atoms with Crippen LogP contribution >= 0.6 is 0 Å². The minimum absolute atomic E-state index is 0.0638. The van der Waals surface area contributed by atoms with Gasteiger partial charge in [0.05, 0.1) is 6.61 Å². The van der Waals surface area contributed by atoms with Gasteiger partial charge in [0.25, 0.3) is 0 Å². The predicted octanol–water partition coefficient (Wildman–Crippen LogP) is 1.36. The fraction of sp³-hybridized carbons (Fsp3) is 0.364. The average molecular weight is 240 g/mol. The molecule has 0 aromatic carbocycles. The Balaban J connectivity index is 2.73. The van der Waals surface area contributed by atoms with Gasteiger partial charge in [0.15, 0.2) is 6.04 Å². The molecule has 17 heavy (non-hydrogen) atoms. The number of amides is 1. The lowest BCUT2D eigenvalue weighted by Gasteiger charge is -2.17. The van der Waals surface area contributed by atoms with Crippen LogP contribution in [-0.2, 0) is 9.53 Å². The van der Waals surface area contributed by atoms with Gasteiger partial charge in [-0.15, -0.1) is 0 Å². The van der Waals surface area contributed by atoms with E-state index in [0.717, 1.165) is 0 Å². The Labute approximate surface area is 98.1 Å². The van der Waals surface area contributed by atoms with Crippen LogP contribution in [0.1, 0.15) is 24.3 Å². The Kier molecular flexibility index (Phi) is 4.56. The Morgan fingerprint density at radius 1 is 1.53 bits per heavy atom. The second-order valence-electron chi connectivity index (χ2n) is 3.26. The van der Waals surface area contributed by atoms with Crippen LogP contribution in [0.15, 0.2) is 24.4 Å². The first-order valence-electron chi connectivity index (χ1n) is 5.15. The summed E-state index contributed by atoms with van der Waals surface area (Å²) in [4.78, 5) is 26.5. The summed E-state index contributed by atoms with van der Waals surface area (Å²) in [5, 5.41) is -0.180. The molecule has 1 aromatic rings. The number of hydrogen-bond acceptors (Lipinski definition) is 4. The van der Waals surface area contributed by atoms with Gasteiger partial charge in [-0.3, -0.25) is 9.78 Å². The van der Waals surface area contributed by atoms with E-state index < -0.39 is 17.9 Å². The number of halogens is 1. The molecular formula is C11H13FN2O3. The maximum atomic E-state index is 13.6. The summed E-state index contributed by atoms with van der Waals surface area (Å²) in [6, 6.07) is 3.24. The smallest absolute Gasteiger partial charge is 0.331 e. The second kappa shape index (κ2) is 5.93. The SMILES string of the molecule is CCOC(=O)C(C)N(F)C(=O)c1ccccn1. The number of nitrogens with zero attached hydrogens (tertiary/aromatic N) is 2. The van der Waals surface area contributed by atoms with E-state index in [0.29, 0.717) is 0 Å². The molecule has 0 aliphatic rings. The van der Waals surface area contributed by atoms with Gasteiger partial charge in [0, 0.05) is 6.20 Å². The van der Waals surface area contributed by atoms with Crippen molar-refractivity contribution in [3.05, 3.63) is 30.1 Å². The van der Waals surface area contributed by atoms with Crippen molar-refractivity contribution < 1.29 is 18.8 Å². The van der Waals surface area contributed by atoms with Gasteiger partial charge in [0.1, 0.15) is 5.69 Å². The standard InChI is InChI=1S/C11H13FN2O3/c1-3-17-11(16)8(2)14(12)10(15)9-6-4-5-7-13-9/h4-8H,3H2,1-2H3. The van der Waals surface area contributed by atoms with Gasteiger partial charge in [-0.2, -0.15) is 5.12 Å². The molecule has 1 aromatic heterocycles. The van der Waals surface area contributed by atoms with Crippen molar-refractivity contribution in [2.75, 3.05) is 6.61 Å². The number of esters is 1. The Bertz CT molecular complexity index is 397. The van der Waals surface area contributed by atoms with Gasteiger partial charge in [-0.1, -0.05) is 10.5 Å². The fourth-order valence-corrected chi connectivity index (χ4v) is 1.13. The lowest BCUT2D eigenvalue weighted by molar-refractivity contribution is -0.153. The third-order valence-corrected chi connectivity index (χ3v) is 2.05. The van der Waals surface area contributed by atoms with E-state index in [1.54, 1.807) is 19.1 Å². The first kappa shape index (κ1) is 13.1. The lowest BCUT2D eigenvalue weighted by Crippen LogP contribution is -2.38. The molecule has 1 unspecified atom stereocenters. The van der Waals surface area contributed by atoms with Crippen LogP contribution in [0, 0.1) is 0 Å². The van der Waals surface area contributed by atoms with Gasteiger partial charge in [-0.05, 0) is 26.0 Å². The van der Waals surface area contributed by atoms with E-state index in [-0.39, 0.29) is 17.4 Å². The van der Waals surface area contributed by atoms with Crippen LogP contribution in [0.5, 0.6) is 0 Å². The Hall–Kier alpha value is -1.98. The maximum Gasteiger partial charge on any atom is 0.331 e. The van der Waals surface area contributed by atoms with E-state index in [9.17, 15) is 14.1 Å². The number of aromatic nitrogens is 1. The zero-order valence-corrected chi connectivity index (χ0v) is 9.59. The molecule has 1 atom stereocenters. The van der Waals surface area contributed by atoms with Crippen molar-refractivity contribution >= 4 is 11.9 Å². The quantitative estimate of drug-likeness (QED) is 0.589. The summed E-state index contributed by atoms with van der Waals surface area (Å²) in [5.41, 5.74) is -0.0638. The van der Waals surface area contributed by atoms with Crippen LogP contribution in [0.3, 0.4) is 0 Å². The number of ether oxygens (including phenoxy) is 1. The zero-order chi connectivity index (χ0) is 12.8. The molecule has 0 aliphatic carbocycles. The Morgan fingerprint density at radius 2 is 2.24 bits per heavy atom. The van der Waals surface area contributed by atoms with Crippen LogP contribution < -0.4 is 0 Å². The minimum Gasteiger partial charge on any atom is -0.464 e. The van der Waals surface area contributed by atoms with Crippen LogP contribution in [0.2, 0.25) is 0 Å². The monoisotopic (exact) mass is 240 g/mol. The lowest BCUT2D eigenvalue weighted by atomic mass is 10.3. The molecular weight excluding hydrogens is 227 g/mol. The summed E-state index contributed by atoms with van der Waals surface area (Å²) in [7, 11) is 0. The van der Waals surface area contributed by atoms with Crippen LogP contribution in [0.25, 0.3) is 0 Å². The number of carbonyl (C=O) groups is 2. The number of rotatable bonds is 4. The largest absolute Gasteiger partial charge is 0.464 e. The molecule has 1 heterocycles. The highest BCUT2D eigenvalue weighted by Crippen LogP contribution is 2.08. The first-order valence-corrected chi connectivity index (χ1v) is 5.15. The van der Waals surface area contributed by atoms with E-state index in [1.165, 1.54) is 19.2 Å². The molecule has 0 radical (unpaired) electrons. The average Bonchev–Trinajstić information content (AvgIpc) is 2.37. The number of pyridine rings is 1. The van der Waals surface area contributed by atoms with Gasteiger partial charge in [-0.25, -0.2) is 4.79 Å². The second-order valence-corrected chi connectivity index (χ2v) is 3.26. The maximum absolute atomic E-state index is 13.6. The highest BCUT2D eigenvalue weighted by atomic mass is 19.2. The topological polar surface area (TPSA) is 59.5 Å². The summed E-state index contributed by atoms with van der Waals surface area (Å²) < 4.78 is 18.2. The molecule has 0 saturated carbocycles.